The number of methoxy groups -OCH3 is 1. The highest BCUT2D eigenvalue weighted by molar-refractivity contribution is 7.92. The Hall–Kier alpha value is -1.36. The maximum absolute atomic E-state index is 12.6. The first-order valence-electron chi connectivity index (χ1n) is 7.69. The van der Waals surface area contributed by atoms with Gasteiger partial charge >= 0.3 is 0 Å². The van der Waals surface area contributed by atoms with E-state index in [0.29, 0.717) is 6.54 Å². The first kappa shape index (κ1) is 19.0. The number of rotatable bonds is 7. The van der Waals surface area contributed by atoms with Gasteiger partial charge in [0, 0.05) is 18.7 Å². The van der Waals surface area contributed by atoms with Gasteiger partial charge in [-0.1, -0.05) is 0 Å². The normalized spacial score (nSPS) is 19.0. The number of hydrogen-bond donors (Lipinski definition) is 3. The minimum Gasteiger partial charge on any atom is -0.495 e. The Balaban J connectivity index is 2.25. The van der Waals surface area contributed by atoms with Gasteiger partial charge in [-0.25, -0.2) is 21.6 Å². The molecule has 1 fully saturated rings. The van der Waals surface area contributed by atoms with Crippen molar-refractivity contribution in [2.75, 3.05) is 30.7 Å². The van der Waals surface area contributed by atoms with Crippen LogP contribution >= 0.6 is 0 Å². The molecule has 0 aliphatic carbocycles. The Kier molecular flexibility index (Phi) is 6.07. The summed E-state index contributed by atoms with van der Waals surface area (Å²) in [5.41, 5.74) is 0.256. The fourth-order valence-electron chi connectivity index (χ4n) is 2.44. The summed E-state index contributed by atoms with van der Waals surface area (Å²) in [5.74, 6) is 0.00794. The van der Waals surface area contributed by atoms with Crippen LogP contribution in [0.25, 0.3) is 0 Å². The molecule has 1 unspecified atom stereocenters. The maximum Gasteiger partial charge on any atom is 0.244 e. The topological polar surface area (TPSA) is 114 Å². The molecule has 1 aliphatic rings. The van der Waals surface area contributed by atoms with Gasteiger partial charge in [0.25, 0.3) is 0 Å². The van der Waals surface area contributed by atoms with Crippen LogP contribution in [0.4, 0.5) is 5.69 Å². The van der Waals surface area contributed by atoms with E-state index in [9.17, 15) is 16.8 Å². The smallest absolute Gasteiger partial charge is 0.244 e. The number of sulfonamides is 2. The van der Waals surface area contributed by atoms with Gasteiger partial charge in [-0.15, -0.1) is 0 Å². The van der Waals surface area contributed by atoms with Crippen LogP contribution in [0, 0.1) is 0 Å². The van der Waals surface area contributed by atoms with Gasteiger partial charge in [0.1, 0.15) is 10.6 Å². The molecule has 0 radical (unpaired) electrons. The Bertz CT molecular complexity index is 772. The van der Waals surface area contributed by atoms with Gasteiger partial charge in [-0.05, 0) is 38.4 Å². The zero-order valence-electron chi connectivity index (χ0n) is 13.7. The van der Waals surface area contributed by atoms with Gasteiger partial charge in [-0.3, -0.25) is 4.72 Å². The molecule has 0 aromatic heterocycles. The molecule has 0 spiro atoms. The first-order valence-corrected chi connectivity index (χ1v) is 10.8. The Labute approximate surface area is 143 Å². The molecular formula is C14H23N3O5S2. The molecular weight excluding hydrogens is 354 g/mol. The van der Waals surface area contributed by atoms with Crippen molar-refractivity contribution in [2.24, 2.45) is 0 Å². The van der Waals surface area contributed by atoms with Crippen molar-refractivity contribution in [3.05, 3.63) is 18.2 Å². The third-order valence-corrected chi connectivity index (χ3v) is 6.59. The molecule has 1 aromatic carbocycles. The SMILES string of the molecule is CCS(=O)(=O)Nc1ccc(S(=O)(=O)NC2CCCNC2)c(OC)c1. The minimum absolute atomic E-state index is 0.0185. The number of piperidine rings is 1. The van der Waals surface area contributed by atoms with Crippen molar-refractivity contribution in [2.45, 2.75) is 30.7 Å². The van der Waals surface area contributed by atoms with E-state index in [1.807, 2.05) is 0 Å². The number of nitrogens with one attached hydrogen (secondary N) is 3. The summed E-state index contributed by atoms with van der Waals surface area (Å²) in [6, 6.07) is 3.93. The van der Waals surface area contributed by atoms with Crippen molar-refractivity contribution in [1.29, 1.82) is 0 Å². The average molecular weight is 377 g/mol. The van der Waals surface area contributed by atoms with Crippen molar-refractivity contribution in [1.82, 2.24) is 10.0 Å². The second kappa shape index (κ2) is 7.68. The summed E-state index contributed by atoms with van der Waals surface area (Å²) in [6.45, 7) is 2.98. The van der Waals surface area contributed by atoms with E-state index >= 15 is 0 Å². The van der Waals surface area contributed by atoms with Gasteiger partial charge in [0.05, 0.1) is 18.6 Å². The lowest BCUT2D eigenvalue weighted by Crippen LogP contribution is -2.45. The molecule has 1 aromatic rings. The van der Waals surface area contributed by atoms with Crippen LogP contribution in [0.3, 0.4) is 0 Å². The summed E-state index contributed by atoms with van der Waals surface area (Å²) >= 11 is 0. The average Bonchev–Trinajstić information content (AvgIpc) is 2.54. The molecule has 10 heteroatoms. The van der Waals surface area contributed by atoms with E-state index in [1.165, 1.54) is 32.2 Å². The molecule has 136 valence electrons. The second-order valence-corrected chi connectivity index (χ2v) is 9.23. The summed E-state index contributed by atoms with van der Waals surface area (Å²) < 4.78 is 58.6. The fourth-order valence-corrected chi connectivity index (χ4v) is 4.49. The van der Waals surface area contributed by atoms with Crippen LogP contribution in [0.15, 0.2) is 23.1 Å². The predicted molar refractivity (Wildman–Crippen MR) is 92.3 cm³/mol. The predicted octanol–water partition coefficient (Wildman–Crippen LogP) is 0.487. The third kappa shape index (κ3) is 4.82. The van der Waals surface area contributed by atoms with Crippen LogP contribution < -0.4 is 19.5 Å². The molecule has 0 saturated carbocycles. The quantitative estimate of drug-likeness (QED) is 0.637. The van der Waals surface area contributed by atoms with E-state index in [0.717, 1.165) is 19.4 Å². The van der Waals surface area contributed by atoms with Crippen LogP contribution in [0.5, 0.6) is 5.75 Å². The van der Waals surface area contributed by atoms with Crippen LogP contribution in [0.2, 0.25) is 0 Å². The highest BCUT2D eigenvalue weighted by Crippen LogP contribution is 2.28. The minimum atomic E-state index is -3.76. The summed E-state index contributed by atoms with van der Waals surface area (Å²) in [7, 11) is -5.87. The number of ether oxygens (including phenoxy) is 1. The molecule has 8 nitrogen and oxygen atoms in total. The summed E-state index contributed by atoms with van der Waals surface area (Å²) in [4.78, 5) is -0.0185. The van der Waals surface area contributed by atoms with Crippen molar-refractivity contribution < 1.29 is 21.6 Å². The Morgan fingerprint density at radius 1 is 1.29 bits per heavy atom. The van der Waals surface area contributed by atoms with E-state index in [1.54, 1.807) is 0 Å². The van der Waals surface area contributed by atoms with Crippen molar-refractivity contribution in [3.63, 3.8) is 0 Å². The highest BCUT2D eigenvalue weighted by atomic mass is 32.2. The molecule has 3 N–H and O–H groups in total. The molecule has 2 rings (SSSR count). The number of benzene rings is 1. The van der Waals surface area contributed by atoms with E-state index in [4.69, 9.17) is 4.74 Å². The first-order chi connectivity index (χ1) is 11.3. The lowest BCUT2D eigenvalue weighted by Gasteiger charge is -2.24. The maximum atomic E-state index is 12.6. The van der Waals surface area contributed by atoms with Gasteiger partial charge in [0.2, 0.25) is 20.0 Å². The molecule has 1 heterocycles. The molecule has 0 bridgehead atoms. The van der Waals surface area contributed by atoms with E-state index in [2.05, 4.69) is 14.8 Å². The summed E-state index contributed by atoms with van der Waals surface area (Å²) in [5, 5.41) is 3.14. The third-order valence-electron chi connectivity index (χ3n) is 3.73. The van der Waals surface area contributed by atoms with E-state index < -0.39 is 20.0 Å². The number of anilines is 1. The number of hydrogen-bond acceptors (Lipinski definition) is 6. The molecule has 0 amide bonds. The molecule has 1 saturated heterocycles. The van der Waals surface area contributed by atoms with Crippen LogP contribution in [-0.4, -0.2) is 48.8 Å². The highest BCUT2D eigenvalue weighted by Gasteiger charge is 2.25. The van der Waals surface area contributed by atoms with Gasteiger partial charge in [-0.2, -0.15) is 0 Å². The van der Waals surface area contributed by atoms with Gasteiger partial charge in [0.15, 0.2) is 0 Å². The molecule has 1 aliphatic heterocycles. The molecule has 24 heavy (non-hydrogen) atoms. The fraction of sp³-hybridized carbons (Fsp3) is 0.571. The van der Waals surface area contributed by atoms with Gasteiger partial charge < -0.3 is 10.1 Å². The van der Waals surface area contributed by atoms with Crippen LogP contribution in [-0.2, 0) is 20.0 Å². The zero-order chi connectivity index (χ0) is 17.8. The monoisotopic (exact) mass is 377 g/mol. The Morgan fingerprint density at radius 3 is 2.62 bits per heavy atom. The van der Waals surface area contributed by atoms with E-state index in [-0.39, 0.29) is 28.1 Å². The lowest BCUT2D eigenvalue weighted by atomic mass is 10.1. The standard InChI is InChI=1S/C14H23N3O5S2/c1-3-23(18,19)16-11-6-7-14(13(9-11)22-2)24(20,21)17-12-5-4-8-15-10-12/h6-7,9,12,15-17H,3-5,8,10H2,1-2H3. The lowest BCUT2D eigenvalue weighted by molar-refractivity contribution is 0.400. The van der Waals surface area contributed by atoms with Crippen molar-refractivity contribution in [3.8, 4) is 5.75 Å². The molecule has 1 atom stereocenters. The summed E-state index contributed by atoms with van der Waals surface area (Å²) in [6.07, 6.45) is 1.67. The zero-order valence-corrected chi connectivity index (χ0v) is 15.3. The Morgan fingerprint density at radius 2 is 2.04 bits per heavy atom. The largest absolute Gasteiger partial charge is 0.495 e. The second-order valence-electron chi connectivity index (χ2n) is 5.54. The van der Waals surface area contributed by atoms with Crippen molar-refractivity contribution >= 4 is 25.7 Å². The van der Waals surface area contributed by atoms with Crippen LogP contribution in [0.1, 0.15) is 19.8 Å².